The van der Waals surface area contributed by atoms with Crippen LogP contribution in [-0.2, 0) is 9.84 Å². The van der Waals surface area contributed by atoms with Gasteiger partial charge < -0.3 is 9.64 Å². The van der Waals surface area contributed by atoms with Gasteiger partial charge >= 0.3 is 0 Å². The maximum Gasteiger partial charge on any atom is 0.210 e. The lowest BCUT2D eigenvalue weighted by Crippen LogP contribution is -2.31. The number of nitrogens with zero attached hydrogens (tertiary/aromatic N) is 2. The number of anilines is 1. The van der Waals surface area contributed by atoms with Gasteiger partial charge in [-0.25, -0.2) is 8.42 Å². The third-order valence-corrected chi connectivity index (χ3v) is 7.52. The summed E-state index contributed by atoms with van der Waals surface area (Å²) in [6.45, 7) is 5.59. The number of fused-ring (bicyclic) bond motifs is 1. The van der Waals surface area contributed by atoms with Crippen LogP contribution in [0.2, 0.25) is 0 Å². The molecule has 2 aromatic carbocycles. The Balaban J connectivity index is 1.98. The largest absolute Gasteiger partial charge is 0.497 e. The summed E-state index contributed by atoms with van der Waals surface area (Å²) in [6.07, 6.45) is 4.79. The standard InChI is InChI=1S/C23H26N2O3S/c1-16-7-9-19(13-17(16)2)29(26,27)22-15-24-21-10-8-18(28-3)14-20(21)23(22)25-11-5-4-6-12-25/h7-10,13-15H,4-6,11-12H2,1-3H3. The fraction of sp³-hybridized carbons (Fsp3) is 0.348. The summed E-state index contributed by atoms with van der Waals surface area (Å²) in [4.78, 5) is 7.25. The van der Waals surface area contributed by atoms with Crippen LogP contribution in [0.3, 0.4) is 0 Å². The van der Waals surface area contributed by atoms with Crippen LogP contribution in [0, 0.1) is 13.8 Å². The van der Waals surface area contributed by atoms with Crippen LogP contribution in [0.5, 0.6) is 5.75 Å². The Morgan fingerprint density at radius 1 is 0.966 bits per heavy atom. The van der Waals surface area contributed by atoms with Gasteiger partial charge in [0.25, 0.3) is 0 Å². The van der Waals surface area contributed by atoms with Gasteiger partial charge in [-0.3, -0.25) is 4.98 Å². The zero-order valence-corrected chi connectivity index (χ0v) is 17.9. The molecule has 6 heteroatoms. The van der Waals surface area contributed by atoms with Gasteiger partial charge in [0.15, 0.2) is 0 Å². The second kappa shape index (κ2) is 7.67. The minimum absolute atomic E-state index is 0.267. The van der Waals surface area contributed by atoms with Crippen molar-refractivity contribution < 1.29 is 13.2 Å². The van der Waals surface area contributed by atoms with Gasteiger partial charge in [-0.2, -0.15) is 0 Å². The van der Waals surface area contributed by atoms with Gasteiger partial charge in [-0.05, 0) is 74.6 Å². The smallest absolute Gasteiger partial charge is 0.210 e. The number of aromatic nitrogens is 1. The van der Waals surface area contributed by atoms with Crippen molar-refractivity contribution in [1.82, 2.24) is 4.98 Å². The highest BCUT2D eigenvalue weighted by Crippen LogP contribution is 2.38. The Labute approximate surface area is 172 Å². The predicted molar refractivity (Wildman–Crippen MR) is 116 cm³/mol. The van der Waals surface area contributed by atoms with Crippen molar-refractivity contribution in [2.75, 3.05) is 25.1 Å². The number of rotatable bonds is 4. The number of ether oxygens (including phenoxy) is 1. The SMILES string of the molecule is COc1ccc2ncc(S(=O)(=O)c3ccc(C)c(C)c3)c(N3CCCCC3)c2c1. The van der Waals surface area contributed by atoms with E-state index < -0.39 is 9.84 Å². The molecule has 1 fully saturated rings. The van der Waals surface area contributed by atoms with Crippen molar-refractivity contribution >= 4 is 26.4 Å². The van der Waals surface area contributed by atoms with Crippen LogP contribution < -0.4 is 9.64 Å². The molecule has 3 aromatic rings. The fourth-order valence-corrected chi connectivity index (χ4v) is 5.43. The first-order valence-corrected chi connectivity index (χ1v) is 11.4. The topological polar surface area (TPSA) is 59.5 Å². The molecule has 0 N–H and O–H groups in total. The number of hydrogen-bond donors (Lipinski definition) is 0. The van der Waals surface area contributed by atoms with Crippen molar-refractivity contribution in [2.45, 2.75) is 42.9 Å². The highest BCUT2D eigenvalue weighted by molar-refractivity contribution is 7.91. The summed E-state index contributed by atoms with van der Waals surface area (Å²) >= 11 is 0. The molecule has 0 radical (unpaired) electrons. The molecule has 0 atom stereocenters. The van der Waals surface area contributed by atoms with Crippen LogP contribution in [0.1, 0.15) is 30.4 Å². The van der Waals surface area contributed by atoms with Gasteiger partial charge in [0.1, 0.15) is 10.6 Å². The summed E-state index contributed by atoms with van der Waals surface area (Å²) in [5.74, 6) is 0.693. The van der Waals surface area contributed by atoms with E-state index >= 15 is 0 Å². The van der Waals surface area contributed by atoms with E-state index in [4.69, 9.17) is 4.74 Å². The summed E-state index contributed by atoms with van der Waals surface area (Å²) < 4.78 is 32.7. The van der Waals surface area contributed by atoms with E-state index in [1.54, 1.807) is 19.2 Å². The van der Waals surface area contributed by atoms with Crippen LogP contribution in [0.4, 0.5) is 5.69 Å². The van der Waals surface area contributed by atoms with Crippen molar-refractivity contribution in [3.05, 3.63) is 53.7 Å². The van der Waals surface area contributed by atoms with E-state index in [2.05, 4.69) is 9.88 Å². The van der Waals surface area contributed by atoms with E-state index in [1.807, 2.05) is 38.1 Å². The molecule has 0 spiro atoms. The number of methoxy groups -OCH3 is 1. The average Bonchev–Trinajstić information content (AvgIpc) is 2.74. The summed E-state index contributed by atoms with van der Waals surface area (Å²) in [5, 5.41) is 0.816. The second-order valence-corrected chi connectivity index (χ2v) is 9.57. The van der Waals surface area contributed by atoms with Crippen LogP contribution in [-0.4, -0.2) is 33.6 Å². The van der Waals surface area contributed by atoms with E-state index in [1.165, 1.54) is 12.6 Å². The van der Waals surface area contributed by atoms with Crippen LogP contribution in [0.25, 0.3) is 10.9 Å². The highest BCUT2D eigenvalue weighted by atomic mass is 32.2. The highest BCUT2D eigenvalue weighted by Gasteiger charge is 2.28. The molecule has 0 amide bonds. The molecule has 0 aliphatic carbocycles. The predicted octanol–water partition coefficient (Wildman–Crippen LogP) is 4.68. The molecule has 0 saturated carbocycles. The van der Waals surface area contributed by atoms with Gasteiger partial charge in [-0.15, -0.1) is 0 Å². The lowest BCUT2D eigenvalue weighted by atomic mass is 10.1. The summed E-state index contributed by atoms with van der Waals surface area (Å²) in [6, 6.07) is 10.9. The first kappa shape index (κ1) is 19.7. The minimum Gasteiger partial charge on any atom is -0.497 e. The Hall–Kier alpha value is -2.60. The molecule has 1 saturated heterocycles. The Morgan fingerprint density at radius 2 is 1.72 bits per heavy atom. The Morgan fingerprint density at radius 3 is 2.41 bits per heavy atom. The van der Waals surface area contributed by atoms with Crippen molar-refractivity contribution in [3.63, 3.8) is 0 Å². The maximum absolute atomic E-state index is 13.7. The summed E-state index contributed by atoms with van der Waals surface area (Å²) in [5.41, 5.74) is 3.54. The number of hydrogen-bond acceptors (Lipinski definition) is 5. The molecule has 0 unspecified atom stereocenters. The number of aryl methyl sites for hydroxylation is 2. The molecule has 1 aromatic heterocycles. The Kier molecular flexibility index (Phi) is 5.21. The molecule has 29 heavy (non-hydrogen) atoms. The van der Waals surface area contributed by atoms with Crippen molar-refractivity contribution in [3.8, 4) is 5.75 Å². The lowest BCUT2D eigenvalue weighted by Gasteiger charge is -2.31. The number of pyridine rings is 1. The monoisotopic (exact) mass is 410 g/mol. The summed E-state index contributed by atoms with van der Waals surface area (Å²) in [7, 11) is -2.10. The molecule has 4 rings (SSSR count). The number of piperidine rings is 1. The normalized spacial score (nSPS) is 14.9. The average molecular weight is 411 g/mol. The fourth-order valence-electron chi connectivity index (χ4n) is 3.91. The van der Waals surface area contributed by atoms with E-state index in [0.717, 1.165) is 53.6 Å². The molecular weight excluding hydrogens is 384 g/mol. The second-order valence-electron chi connectivity index (χ2n) is 7.65. The van der Waals surface area contributed by atoms with Gasteiger partial charge in [0, 0.05) is 24.7 Å². The molecule has 5 nitrogen and oxygen atoms in total. The molecule has 152 valence electrons. The number of benzene rings is 2. The van der Waals surface area contributed by atoms with Gasteiger partial charge in [-0.1, -0.05) is 6.07 Å². The molecule has 2 heterocycles. The Bertz CT molecular complexity index is 1170. The van der Waals surface area contributed by atoms with Crippen molar-refractivity contribution in [2.24, 2.45) is 0 Å². The van der Waals surface area contributed by atoms with Crippen LogP contribution >= 0.6 is 0 Å². The zero-order valence-electron chi connectivity index (χ0n) is 17.1. The maximum atomic E-state index is 13.7. The molecular formula is C23H26N2O3S. The first-order valence-electron chi connectivity index (χ1n) is 9.96. The van der Waals surface area contributed by atoms with E-state index in [9.17, 15) is 8.42 Å². The van der Waals surface area contributed by atoms with E-state index in [-0.39, 0.29) is 4.90 Å². The molecule has 0 bridgehead atoms. The quantitative estimate of drug-likeness (QED) is 0.625. The lowest BCUT2D eigenvalue weighted by molar-refractivity contribution is 0.415. The van der Waals surface area contributed by atoms with Crippen LogP contribution in [0.15, 0.2) is 52.4 Å². The van der Waals surface area contributed by atoms with Crippen molar-refractivity contribution in [1.29, 1.82) is 0 Å². The third kappa shape index (κ3) is 3.57. The van der Waals surface area contributed by atoms with Gasteiger partial charge in [0.2, 0.25) is 9.84 Å². The third-order valence-electron chi connectivity index (χ3n) is 5.76. The first-order chi connectivity index (χ1) is 13.9. The van der Waals surface area contributed by atoms with Gasteiger partial charge in [0.05, 0.1) is 23.2 Å². The molecule has 1 aliphatic rings. The minimum atomic E-state index is -3.71. The van der Waals surface area contributed by atoms with E-state index in [0.29, 0.717) is 10.6 Å². The molecule has 1 aliphatic heterocycles. The number of sulfone groups is 1. The zero-order chi connectivity index (χ0) is 20.6.